The zero-order valence-corrected chi connectivity index (χ0v) is 18.3. The zero-order valence-electron chi connectivity index (χ0n) is 18.3. The number of nitrogens with zero attached hydrogens (tertiary/aromatic N) is 2. The van der Waals surface area contributed by atoms with Crippen LogP contribution in [0, 0.1) is 12.8 Å². The van der Waals surface area contributed by atoms with Gasteiger partial charge in [-0.25, -0.2) is 4.79 Å². The number of aryl methyl sites for hydroxylation is 1. The van der Waals surface area contributed by atoms with Gasteiger partial charge < -0.3 is 14.5 Å². The summed E-state index contributed by atoms with van der Waals surface area (Å²) in [4.78, 5) is 28.9. The fourth-order valence-corrected chi connectivity index (χ4v) is 4.26. The van der Waals surface area contributed by atoms with Gasteiger partial charge in [0.2, 0.25) is 0 Å². The minimum atomic E-state index is -0.427. The summed E-state index contributed by atoms with van der Waals surface area (Å²) < 4.78 is 4.76. The molecule has 1 amide bonds. The highest BCUT2D eigenvalue weighted by atomic mass is 16.5. The average Bonchev–Trinajstić information content (AvgIpc) is 2.77. The first-order chi connectivity index (χ1) is 14.5. The molecule has 0 bridgehead atoms. The summed E-state index contributed by atoms with van der Waals surface area (Å²) in [7, 11) is 3.19. The van der Waals surface area contributed by atoms with Gasteiger partial charge in [-0.3, -0.25) is 4.79 Å². The van der Waals surface area contributed by atoms with Crippen LogP contribution in [0.3, 0.4) is 0 Å². The molecular formula is C25H32N2O3. The summed E-state index contributed by atoms with van der Waals surface area (Å²) in [6.07, 6.45) is 3.37. The van der Waals surface area contributed by atoms with Gasteiger partial charge in [-0.2, -0.15) is 0 Å². The van der Waals surface area contributed by atoms with Gasteiger partial charge in [-0.1, -0.05) is 30.3 Å². The van der Waals surface area contributed by atoms with Crippen LogP contribution in [0.1, 0.15) is 44.7 Å². The molecular weight excluding hydrogens is 376 g/mol. The van der Waals surface area contributed by atoms with Crippen LogP contribution in [0.25, 0.3) is 0 Å². The summed E-state index contributed by atoms with van der Waals surface area (Å²) in [6, 6.07) is 15.3. The van der Waals surface area contributed by atoms with Gasteiger partial charge in [0, 0.05) is 32.2 Å². The molecule has 5 nitrogen and oxygen atoms in total. The molecule has 1 aliphatic heterocycles. The Labute approximate surface area is 179 Å². The molecule has 1 saturated heterocycles. The third kappa shape index (κ3) is 5.70. The number of hydrogen-bond donors (Lipinski definition) is 0. The Balaban J connectivity index is 1.54. The van der Waals surface area contributed by atoms with E-state index >= 15 is 0 Å². The lowest BCUT2D eigenvalue weighted by Crippen LogP contribution is -2.42. The van der Waals surface area contributed by atoms with Crippen molar-refractivity contribution in [2.45, 2.75) is 26.2 Å². The Morgan fingerprint density at radius 3 is 2.67 bits per heavy atom. The molecule has 0 aromatic heterocycles. The van der Waals surface area contributed by atoms with Gasteiger partial charge in [0.15, 0.2) is 0 Å². The lowest BCUT2D eigenvalue weighted by atomic mass is 9.96. The van der Waals surface area contributed by atoms with Crippen molar-refractivity contribution in [3.63, 3.8) is 0 Å². The van der Waals surface area contributed by atoms with Crippen LogP contribution in [-0.2, 0) is 11.2 Å². The number of carbonyl (C=O) groups is 2. The number of benzene rings is 2. The summed E-state index contributed by atoms with van der Waals surface area (Å²) in [5, 5.41) is 0. The Morgan fingerprint density at radius 2 is 1.90 bits per heavy atom. The second-order valence-electron chi connectivity index (χ2n) is 8.24. The molecule has 2 aromatic carbocycles. The maximum atomic E-state index is 12.9. The van der Waals surface area contributed by atoms with Gasteiger partial charge in [0.05, 0.1) is 12.7 Å². The van der Waals surface area contributed by atoms with Crippen molar-refractivity contribution in [1.82, 2.24) is 9.80 Å². The topological polar surface area (TPSA) is 49.9 Å². The Bertz CT molecular complexity index is 880. The molecule has 0 N–H and O–H groups in total. The van der Waals surface area contributed by atoms with E-state index in [1.165, 1.54) is 18.2 Å². The van der Waals surface area contributed by atoms with Crippen LogP contribution in [0.15, 0.2) is 48.5 Å². The van der Waals surface area contributed by atoms with E-state index in [0.29, 0.717) is 17.0 Å². The number of esters is 1. The molecule has 0 unspecified atom stereocenters. The first kappa shape index (κ1) is 22.0. The van der Waals surface area contributed by atoms with E-state index in [9.17, 15) is 9.59 Å². The van der Waals surface area contributed by atoms with Crippen molar-refractivity contribution < 1.29 is 14.3 Å². The van der Waals surface area contributed by atoms with Gasteiger partial charge in [0.25, 0.3) is 5.91 Å². The fourth-order valence-electron chi connectivity index (χ4n) is 4.26. The lowest BCUT2D eigenvalue weighted by molar-refractivity contribution is 0.0600. The molecule has 1 aliphatic rings. The summed E-state index contributed by atoms with van der Waals surface area (Å²) in [5.74, 6) is -0.0185. The molecule has 5 heteroatoms. The molecule has 0 aliphatic carbocycles. The van der Waals surface area contributed by atoms with Crippen LogP contribution in [0.5, 0.6) is 0 Å². The Kier molecular flexibility index (Phi) is 7.63. The van der Waals surface area contributed by atoms with E-state index in [2.05, 4.69) is 36.1 Å². The summed E-state index contributed by atoms with van der Waals surface area (Å²) in [5.41, 5.74) is 3.69. The Morgan fingerprint density at radius 1 is 1.13 bits per heavy atom. The fraction of sp³-hybridized carbons (Fsp3) is 0.440. The standard InChI is InChI=1S/C25H32N2O3/c1-19-8-4-5-10-21(19)13-15-27-14-7-9-20(18-27)17-26(2)24(28)22-11-6-12-23(16-22)25(29)30-3/h4-6,8,10-12,16,20H,7,9,13-15,17-18H2,1-3H3/t20-/m0/s1. The second kappa shape index (κ2) is 10.4. The number of piperidine rings is 1. The van der Waals surface area contributed by atoms with Gasteiger partial charge in [-0.05, 0) is 68.0 Å². The van der Waals surface area contributed by atoms with E-state index in [0.717, 1.165) is 45.4 Å². The largest absolute Gasteiger partial charge is 0.465 e. The third-order valence-electron chi connectivity index (χ3n) is 5.97. The van der Waals surface area contributed by atoms with Crippen molar-refractivity contribution in [2.24, 2.45) is 5.92 Å². The second-order valence-corrected chi connectivity index (χ2v) is 8.24. The highest BCUT2D eigenvalue weighted by Crippen LogP contribution is 2.19. The number of amides is 1. The molecule has 1 heterocycles. The van der Waals surface area contributed by atoms with E-state index in [1.54, 1.807) is 29.2 Å². The number of rotatable bonds is 7. The maximum absolute atomic E-state index is 12.9. The maximum Gasteiger partial charge on any atom is 0.337 e. The normalized spacial score (nSPS) is 16.8. The number of hydrogen-bond acceptors (Lipinski definition) is 4. The Hall–Kier alpha value is -2.66. The minimum absolute atomic E-state index is 0.0576. The molecule has 3 rings (SSSR count). The van der Waals surface area contributed by atoms with Crippen molar-refractivity contribution >= 4 is 11.9 Å². The van der Waals surface area contributed by atoms with E-state index < -0.39 is 5.97 Å². The van der Waals surface area contributed by atoms with E-state index in [-0.39, 0.29) is 5.91 Å². The van der Waals surface area contributed by atoms with Crippen LogP contribution < -0.4 is 0 Å². The summed E-state index contributed by atoms with van der Waals surface area (Å²) >= 11 is 0. The van der Waals surface area contributed by atoms with Crippen LogP contribution >= 0.6 is 0 Å². The number of carbonyl (C=O) groups excluding carboxylic acids is 2. The molecule has 160 valence electrons. The lowest BCUT2D eigenvalue weighted by Gasteiger charge is -2.35. The smallest absolute Gasteiger partial charge is 0.337 e. The predicted octanol–water partition coefficient (Wildman–Crippen LogP) is 3.81. The van der Waals surface area contributed by atoms with Crippen LogP contribution in [0.4, 0.5) is 0 Å². The highest BCUT2D eigenvalue weighted by molar-refractivity contribution is 5.97. The van der Waals surface area contributed by atoms with Gasteiger partial charge in [-0.15, -0.1) is 0 Å². The summed E-state index contributed by atoms with van der Waals surface area (Å²) in [6.45, 7) is 6.10. The molecule has 2 aromatic rings. The number of ether oxygens (including phenoxy) is 1. The quantitative estimate of drug-likeness (QED) is 0.654. The first-order valence-corrected chi connectivity index (χ1v) is 10.7. The SMILES string of the molecule is COC(=O)c1cccc(C(=O)N(C)C[C@@H]2CCCN(CCc3ccccc3C)C2)c1. The number of likely N-dealkylation sites (tertiary alicyclic amines) is 1. The predicted molar refractivity (Wildman–Crippen MR) is 119 cm³/mol. The van der Waals surface area contributed by atoms with Crippen molar-refractivity contribution in [3.8, 4) is 0 Å². The highest BCUT2D eigenvalue weighted by Gasteiger charge is 2.23. The number of methoxy groups -OCH3 is 1. The average molecular weight is 409 g/mol. The van der Waals surface area contributed by atoms with Crippen LogP contribution in [-0.4, -0.2) is 62.0 Å². The zero-order chi connectivity index (χ0) is 21.5. The van der Waals surface area contributed by atoms with Gasteiger partial charge in [0.1, 0.15) is 0 Å². The monoisotopic (exact) mass is 408 g/mol. The molecule has 1 fully saturated rings. The van der Waals surface area contributed by atoms with Gasteiger partial charge >= 0.3 is 5.97 Å². The molecule has 1 atom stereocenters. The third-order valence-corrected chi connectivity index (χ3v) is 5.97. The van der Waals surface area contributed by atoms with Crippen molar-refractivity contribution in [1.29, 1.82) is 0 Å². The van der Waals surface area contributed by atoms with E-state index in [4.69, 9.17) is 4.74 Å². The van der Waals surface area contributed by atoms with E-state index in [1.807, 2.05) is 7.05 Å². The van der Waals surface area contributed by atoms with Crippen LogP contribution in [0.2, 0.25) is 0 Å². The molecule has 0 spiro atoms. The molecule has 0 radical (unpaired) electrons. The molecule has 30 heavy (non-hydrogen) atoms. The minimum Gasteiger partial charge on any atom is -0.465 e. The van der Waals surface area contributed by atoms with Crippen molar-refractivity contribution in [2.75, 3.05) is 40.3 Å². The molecule has 0 saturated carbocycles. The van der Waals surface area contributed by atoms with Crippen molar-refractivity contribution in [3.05, 3.63) is 70.8 Å². The first-order valence-electron chi connectivity index (χ1n) is 10.7.